The molecule has 102 valence electrons. The Hall–Kier alpha value is -0.910. The van der Waals surface area contributed by atoms with E-state index in [4.69, 9.17) is 10.7 Å². The molecule has 0 aromatic carbocycles. The normalized spacial score (nSPS) is 18.7. The van der Waals surface area contributed by atoms with Gasteiger partial charge in [-0.3, -0.25) is 0 Å². The summed E-state index contributed by atoms with van der Waals surface area (Å²) in [6.07, 6.45) is 2.54. The molecule has 0 aliphatic carbocycles. The molecule has 2 aromatic heterocycles. The number of piperidine rings is 1. The molecular formula is C14H19N3S2. The third-order valence-corrected chi connectivity index (χ3v) is 5.61. The molecule has 3 nitrogen and oxygen atoms in total. The maximum Gasteiger partial charge on any atom is 0.185 e. The van der Waals surface area contributed by atoms with Crippen LogP contribution in [0.3, 0.4) is 0 Å². The lowest BCUT2D eigenvalue weighted by Crippen LogP contribution is -2.32. The third-order valence-electron chi connectivity index (χ3n) is 3.73. The summed E-state index contributed by atoms with van der Waals surface area (Å²) in [6.45, 7) is 4.59. The van der Waals surface area contributed by atoms with E-state index in [0.29, 0.717) is 0 Å². The average molecular weight is 293 g/mol. The van der Waals surface area contributed by atoms with Crippen LogP contribution in [0.15, 0.2) is 22.9 Å². The van der Waals surface area contributed by atoms with Crippen LogP contribution in [0.4, 0.5) is 5.13 Å². The van der Waals surface area contributed by atoms with E-state index in [-0.39, 0.29) is 6.04 Å². The van der Waals surface area contributed by atoms with E-state index < -0.39 is 0 Å². The van der Waals surface area contributed by atoms with Gasteiger partial charge in [-0.2, -0.15) is 0 Å². The Balaban J connectivity index is 1.73. The minimum Gasteiger partial charge on any atom is -0.348 e. The van der Waals surface area contributed by atoms with Crippen LogP contribution in [-0.4, -0.2) is 18.1 Å². The molecule has 19 heavy (non-hydrogen) atoms. The number of rotatable bonds is 3. The van der Waals surface area contributed by atoms with Crippen LogP contribution in [0.2, 0.25) is 0 Å². The van der Waals surface area contributed by atoms with E-state index in [9.17, 15) is 0 Å². The number of thiazole rings is 1. The van der Waals surface area contributed by atoms with E-state index >= 15 is 0 Å². The van der Waals surface area contributed by atoms with Crippen molar-refractivity contribution in [3.05, 3.63) is 33.5 Å². The maximum atomic E-state index is 6.26. The van der Waals surface area contributed by atoms with Crippen molar-refractivity contribution in [2.24, 2.45) is 11.7 Å². The maximum absolute atomic E-state index is 6.26. The van der Waals surface area contributed by atoms with Gasteiger partial charge < -0.3 is 10.6 Å². The second-order valence-corrected chi connectivity index (χ2v) is 7.03. The van der Waals surface area contributed by atoms with Crippen LogP contribution in [0.25, 0.3) is 0 Å². The van der Waals surface area contributed by atoms with Gasteiger partial charge >= 0.3 is 0 Å². The van der Waals surface area contributed by atoms with Crippen molar-refractivity contribution >= 4 is 27.8 Å². The number of aromatic nitrogens is 1. The number of hydrogen-bond acceptors (Lipinski definition) is 5. The van der Waals surface area contributed by atoms with Crippen LogP contribution >= 0.6 is 22.7 Å². The molecule has 1 aliphatic rings. The predicted molar refractivity (Wildman–Crippen MR) is 83.1 cm³/mol. The summed E-state index contributed by atoms with van der Waals surface area (Å²) in [5.41, 5.74) is 7.26. The summed E-state index contributed by atoms with van der Waals surface area (Å²) >= 11 is 3.42. The summed E-state index contributed by atoms with van der Waals surface area (Å²) in [5.74, 6) is 0.851. The molecule has 3 rings (SSSR count). The lowest BCUT2D eigenvalue weighted by Gasteiger charge is -2.29. The first-order valence-electron chi connectivity index (χ1n) is 6.73. The highest BCUT2D eigenvalue weighted by Gasteiger charge is 2.20. The summed E-state index contributed by atoms with van der Waals surface area (Å²) in [6, 6.07) is 4.05. The molecule has 0 radical (unpaired) electrons. The molecule has 1 unspecified atom stereocenters. The first-order chi connectivity index (χ1) is 9.24. The van der Waals surface area contributed by atoms with Gasteiger partial charge in [0.2, 0.25) is 0 Å². The predicted octanol–water partition coefficient (Wildman–Crippen LogP) is 3.49. The SMILES string of the molecule is CC1CCN(c2nc(C(N)c3cccs3)cs2)CC1. The zero-order valence-corrected chi connectivity index (χ0v) is 12.7. The Bertz CT molecular complexity index is 513. The Morgan fingerprint density at radius 2 is 2.16 bits per heavy atom. The second-order valence-electron chi connectivity index (χ2n) is 5.22. The average Bonchev–Trinajstić information content (AvgIpc) is 3.10. The summed E-state index contributed by atoms with van der Waals surface area (Å²) in [5, 5.41) is 5.31. The van der Waals surface area contributed by atoms with Crippen molar-refractivity contribution in [3.8, 4) is 0 Å². The molecule has 3 heterocycles. The highest BCUT2D eigenvalue weighted by molar-refractivity contribution is 7.13. The number of nitrogens with two attached hydrogens (primary N) is 1. The quantitative estimate of drug-likeness (QED) is 0.942. The van der Waals surface area contributed by atoms with Gasteiger partial charge in [0.15, 0.2) is 5.13 Å². The summed E-state index contributed by atoms with van der Waals surface area (Å²) in [4.78, 5) is 8.32. The lowest BCUT2D eigenvalue weighted by molar-refractivity contribution is 0.438. The Labute approximate surface area is 122 Å². The zero-order valence-electron chi connectivity index (χ0n) is 11.1. The van der Waals surface area contributed by atoms with Gasteiger partial charge in [0.25, 0.3) is 0 Å². The van der Waals surface area contributed by atoms with Gasteiger partial charge in [-0.1, -0.05) is 13.0 Å². The number of thiophene rings is 1. The zero-order chi connectivity index (χ0) is 13.2. The molecule has 2 N–H and O–H groups in total. The van der Waals surface area contributed by atoms with Crippen molar-refractivity contribution in [2.75, 3.05) is 18.0 Å². The van der Waals surface area contributed by atoms with Crippen LogP contribution in [0.1, 0.15) is 36.4 Å². The van der Waals surface area contributed by atoms with E-state index in [0.717, 1.165) is 29.8 Å². The summed E-state index contributed by atoms with van der Waals surface area (Å²) in [7, 11) is 0. The standard InChI is InChI=1S/C14H19N3S2/c1-10-4-6-17(7-5-10)14-16-11(9-19-14)13(15)12-3-2-8-18-12/h2-3,8-10,13H,4-7,15H2,1H3. The number of anilines is 1. The molecular weight excluding hydrogens is 274 g/mol. The smallest absolute Gasteiger partial charge is 0.185 e. The largest absolute Gasteiger partial charge is 0.348 e. The van der Waals surface area contributed by atoms with Crippen molar-refractivity contribution in [3.63, 3.8) is 0 Å². The van der Waals surface area contributed by atoms with Gasteiger partial charge in [0, 0.05) is 23.3 Å². The van der Waals surface area contributed by atoms with E-state index in [1.807, 2.05) is 6.07 Å². The van der Waals surface area contributed by atoms with Gasteiger partial charge in [0.1, 0.15) is 0 Å². The molecule has 1 saturated heterocycles. The molecule has 1 fully saturated rings. The first kappa shape index (κ1) is 13.1. The Morgan fingerprint density at radius 1 is 1.37 bits per heavy atom. The van der Waals surface area contributed by atoms with E-state index in [1.165, 1.54) is 17.7 Å². The third kappa shape index (κ3) is 2.83. The van der Waals surface area contributed by atoms with Crippen LogP contribution < -0.4 is 10.6 Å². The van der Waals surface area contributed by atoms with Crippen LogP contribution in [0, 0.1) is 5.92 Å². The highest BCUT2D eigenvalue weighted by atomic mass is 32.1. The lowest BCUT2D eigenvalue weighted by atomic mass is 10.00. The van der Waals surface area contributed by atoms with Crippen LogP contribution in [0.5, 0.6) is 0 Å². The fourth-order valence-corrected chi connectivity index (χ4v) is 4.03. The Kier molecular flexibility index (Phi) is 3.86. The molecule has 0 bridgehead atoms. The first-order valence-corrected chi connectivity index (χ1v) is 8.49. The van der Waals surface area contributed by atoms with Crippen molar-refractivity contribution in [1.29, 1.82) is 0 Å². The molecule has 0 spiro atoms. The molecule has 1 aliphatic heterocycles. The van der Waals surface area contributed by atoms with Crippen molar-refractivity contribution in [2.45, 2.75) is 25.8 Å². The highest BCUT2D eigenvalue weighted by Crippen LogP contribution is 2.30. The number of nitrogens with zero attached hydrogens (tertiary/aromatic N) is 2. The van der Waals surface area contributed by atoms with E-state index in [2.05, 4.69) is 28.7 Å². The molecule has 0 amide bonds. The minimum absolute atomic E-state index is 0.0753. The summed E-state index contributed by atoms with van der Waals surface area (Å²) < 4.78 is 0. The van der Waals surface area contributed by atoms with Gasteiger partial charge in [-0.25, -0.2) is 4.98 Å². The molecule has 0 saturated carbocycles. The number of hydrogen-bond donors (Lipinski definition) is 1. The fourth-order valence-electron chi connectivity index (χ4n) is 2.38. The van der Waals surface area contributed by atoms with Gasteiger partial charge in [0.05, 0.1) is 11.7 Å². The molecule has 2 aromatic rings. The van der Waals surface area contributed by atoms with Crippen molar-refractivity contribution in [1.82, 2.24) is 4.98 Å². The van der Waals surface area contributed by atoms with Gasteiger partial charge in [-0.15, -0.1) is 22.7 Å². The fraction of sp³-hybridized carbons (Fsp3) is 0.500. The van der Waals surface area contributed by atoms with Crippen molar-refractivity contribution < 1.29 is 0 Å². The molecule has 5 heteroatoms. The van der Waals surface area contributed by atoms with Crippen LogP contribution in [-0.2, 0) is 0 Å². The second kappa shape index (κ2) is 5.61. The van der Waals surface area contributed by atoms with Gasteiger partial charge in [-0.05, 0) is 30.2 Å². The topological polar surface area (TPSA) is 42.2 Å². The molecule has 1 atom stereocenters. The van der Waals surface area contributed by atoms with E-state index in [1.54, 1.807) is 22.7 Å². The minimum atomic E-state index is -0.0753. The monoisotopic (exact) mass is 293 g/mol. The Morgan fingerprint density at radius 3 is 2.84 bits per heavy atom.